The van der Waals surface area contributed by atoms with E-state index in [1.54, 1.807) is 11.1 Å². The number of aromatic amines is 1. The number of nitrogens with one attached hydrogen (secondary N) is 1. The van der Waals surface area contributed by atoms with Gasteiger partial charge in [0.05, 0.1) is 24.5 Å². The molecule has 2 fully saturated rings. The SMILES string of the molecule is N#Cc1cc(-c2ccnc3[nH]c(-c4ccc(N5CCOCC5)cc4)cc23)ccc1N1CCCC1=O. The Hall–Kier alpha value is -4.15. The van der Waals surface area contributed by atoms with Crippen LogP contribution in [-0.2, 0) is 9.53 Å². The summed E-state index contributed by atoms with van der Waals surface area (Å²) in [5.74, 6) is 0.0791. The average Bonchev–Trinajstić information content (AvgIpc) is 3.55. The van der Waals surface area contributed by atoms with Crippen molar-refractivity contribution in [2.75, 3.05) is 42.6 Å². The number of carbonyl (C=O) groups excluding carboxylic acids is 1. The van der Waals surface area contributed by atoms with Crippen molar-refractivity contribution in [1.29, 1.82) is 5.26 Å². The monoisotopic (exact) mass is 463 g/mol. The fourth-order valence-corrected chi connectivity index (χ4v) is 5.04. The van der Waals surface area contributed by atoms with Crippen LogP contribution in [0.1, 0.15) is 18.4 Å². The number of H-pyrrole nitrogens is 1. The number of nitriles is 1. The summed E-state index contributed by atoms with van der Waals surface area (Å²) >= 11 is 0. The summed E-state index contributed by atoms with van der Waals surface area (Å²) in [5.41, 5.74) is 7.21. The maximum absolute atomic E-state index is 12.2. The van der Waals surface area contributed by atoms with Gasteiger partial charge in [-0.3, -0.25) is 4.79 Å². The van der Waals surface area contributed by atoms with Crippen molar-refractivity contribution in [3.05, 3.63) is 66.4 Å². The number of benzene rings is 2. The van der Waals surface area contributed by atoms with E-state index < -0.39 is 0 Å². The van der Waals surface area contributed by atoms with E-state index >= 15 is 0 Å². The summed E-state index contributed by atoms with van der Waals surface area (Å²) in [6, 6.07) is 20.7. The maximum Gasteiger partial charge on any atom is 0.227 e. The molecule has 4 heterocycles. The Balaban J connectivity index is 1.34. The molecule has 35 heavy (non-hydrogen) atoms. The summed E-state index contributed by atoms with van der Waals surface area (Å²) in [6.45, 7) is 4.02. The van der Waals surface area contributed by atoms with Crippen molar-refractivity contribution in [3.8, 4) is 28.5 Å². The van der Waals surface area contributed by atoms with Gasteiger partial charge in [-0.2, -0.15) is 5.26 Å². The molecule has 2 aromatic heterocycles. The Morgan fingerprint density at radius 1 is 0.971 bits per heavy atom. The number of rotatable bonds is 4. The number of nitrogens with zero attached hydrogens (tertiary/aromatic N) is 4. The van der Waals surface area contributed by atoms with Gasteiger partial charge in [0.1, 0.15) is 11.7 Å². The summed E-state index contributed by atoms with van der Waals surface area (Å²) < 4.78 is 5.46. The van der Waals surface area contributed by atoms with E-state index in [1.165, 1.54) is 5.69 Å². The Morgan fingerprint density at radius 3 is 2.51 bits per heavy atom. The zero-order chi connectivity index (χ0) is 23.8. The second kappa shape index (κ2) is 8.90. The number of aromatic nitrogens is 2. The van der Waals surface area contributed by atoms with Gasteiger partial charge in [0.15, 0.2) is 0 Å². The van der Waals surface area contributed by atoms with E-state index in [1.807, 2.05) is 24.3 Å². The number of carbonyl (C=O) groups is 1. The van der Waals surface area contributed by atoms with Crippen molar-refractivity contribution in [2.45, 2.75) is 12.8 Å². The third-order valence-corrected chi connectivity index (χ3v) is 6.88. The maximum atomic E-state index is 12.2. The molecule has 1 amide bonds. The van der Waals surface area contributed by atoms with Crippen molar-refractivity contribution in [1.82, 2.24) is 9.97 Å². The van der Waals surface area contributed by atoms with Crippen LogP contribution in [0, 0.1) is 11.3 Å². The van der Waals surface area contributed by atoms with Crippen LogP contribution in [0.5, 0.6) is 0 Å². The van der Waals surface area contributed by atoms with Crippen LogP contribution in [0.4, 0.5) is 11.4 Å². The van der Waals surface area contributed by atoms with Gasteiger partial charge in [0.25, 0.3) is 0 Å². The molecule has 2 aromatic carbocycles. The van der Waals surface area contributed by atoms with Gasteiger partial charge in [0.2, 0.25) is 5.91 Å². The van der Waals surface area contributed by atoms with Crippen LogP contribution in [0.2, 0.25) is 0 Å². The van der Waals surface area contributed by atoms with Gasteiger partial charge in [0, 0.05) is 49.0 Å². The molecular formula is C28H25N5O2. The Labute approximate surface area is 203 Å². The highest BCUT2D eigenvalue weighted by molar-refractivity contribution is 5.99. The molecule has 174 valence electrons. The standard InChI is InChI=1S/C28H25N5O2/c29-18-21-16-20(5-8-26(21)33-11-1-2-27(33)34)23-9-10-30-28-24(23)17-25(31-28)19-3-6-22(7-4-19)32-12-14-35-15-13-32/h3-10,16-17H,1-2,11-15H2,(H,30,31). The molecule has 0 aliphatic carbocycles. The Morgan fingerprint density at radius 2 is 1.77 bits per heavy atom. The van der Waals surface area contributed by atoms with Crippen molar-refractivity contribution >= 4 is 28.3 Å². The molecule has 7 nitrogen and oxygen atoms in total. The predicted molar refractivity (Wildman–Crippen MR) is 136 cm³/mol. The molecule has 7 heteroatoms. The summed E-state index contributed by atoms with van der Waals surface area (Å²) in [6.07, 6.45) is 3.15. The lowest BCUT2D eigenvalue weighted by Crippen LogP contribution is -2.36. The van der Waals surface area contributed by atoms with Gasteiger partial charge in [-0.15, -0.1) is 0 Å². The van der Waals surface area contributed by atoms with Gasteiger partial charge in [-0.25, -0.2) is 4.98 Å². The first-order valence-corrected chi connectivity index (χ1v) is 12.0. The highest BCUT2D eigenvalue weighted by Gasteiger charge is 2.24. The summed E-state index contributed by atoms with van der Waals surface area (Å²) in [5, 5.41) is 10.8. The minimum absolute atomic E-state index is 0.0791. The normalized spacial score (nSPS) is 16.1. The Bertz CT molecular complexity index is 1440. The highest BCUT2D eigenvalue weighted by Crippen LogP contribution is 2.35. The van der Waals surface area contributed by atoms with Gasteiger partial charge in [-0.05, 0) is 59.5 Å². The van der Waals surface area contributed by atoms with Crippen LogP contribution in [0.25, 0.3) is 33.4 Å². The van der Waals surface area contributed by atoms with Crippen LogP contribution >= 0.6 is 0 Å². The predicted octanol–water partition coefficient (Wildman–Crippen LogP) is 4.73. The largest absolute Gasteiger partial charge is 0.378 e. The van der Waals surface area contributed by atoms with Crippen molar-refractivity contribution in [3.63, 3.8) is 0 Å². The number of hydrogen-bond acceptors (Lipinski definition) is 5. The van der Waals surface area contributed by atoms with Gasteiger partial charge in [-0.1, -0.05) is 18.2 Å². The number of amides is 1. The Kier molecular flexibility index (Phi) is 5.44. The molecule has 4 aromatic rings. The smallest absolute Gasteiger partial charge is 0.227 e. The highest BCUT2D eigenvalue weighted by atomic mass is 16.5. The minimum atomic E-state index is 0.0791. The number of anilines is 2. The number of hydrogen-bond donors (Lipinski definition) is 1. The zero-order valence-electron chi connectivity index (χ0n) is 19.3. The molecule has 2 aliphatic rings. The second-order valence-electron chi connectivity index (χ2n) is 8.94. The molecule has 2 saturated heterocycles. The van der Waals surface area contributed by atoms with E-state index in [9.17, 15) is 10.1 Å². The number of fused-ring (bicyclic) bond motifs is 1. The minimum Gasteiger partial charge on any atom is -0.378 e. The number of pyridine rings is 1. The molecule has 0 spiro atoms. The van der Waals surface area contributed by atoms with Crippen LogP contribution in [0.15, 0.2) is 60.8 Å². The van der Waals surface area contributed by atoms with Crippen molar-refractivity contribution in [2.24, 2.45) is 0 Å². The lowest BCUT2D eigenvalue weighted by molar-refractivity contribution is -0.117. The molecule has 0 bridgehead atoms. The topological polar surface area (TPSA) is 85.2 Å². The van der Waals surface area contributed by atoms with Gasteiger partial charge >= 0.3 is 0 Å². The zero-order valence-corrected chi connectivity index (χ0v) is 19.3. The fraction of sp³-hybridized carbons (Fsp3) is 0.250. The third-order valence-electron chi connectivity index (χ3n) is 6.88. The molecular weight excluding hydrogens is 438 g/mol. The fourth-order valence-electron chi connectivity index (χ4n) is 5.04. The average molecular weight is 464 g/mol. The molecule has 2 aliphatic heterocycles. The first kappa shape index (κ1) is 21.4. The molecule has 0 unspecified atom stereocenters. The van der Waals surface area contributed by atoms with E-state index in [-0.39, 0.29) is 5.91 Å². The van der Waals surface area contributed by atoms with Gasteiger partial charge < -0.3 is 19.5 Å². The van der Waals surface area contributed by atoms with E-state index in [4.69, 9.17) is 4.74 Å². The van der Waals surface area contributed by atoms with E-state index in [2.05, 4.69) is 51.3 Å². The molecule has 0 atom stereocenters. The van der Waals surface area contributed by atoms with Crippen LogP contribution < -0.4 is 9.80 Å². The second-order valence-corrected chi connectivity index (χ2v) is 8.94. The first-order valence-electron chi connectivity index (χ1n) is 12.0. The molecule has 0 saturated carbocycles. The van der Waals surface area contributed by atoms with Crippen LogP contribution in [-0.4, -0.2) is 48.7 Å². The first-order chi connectivity index (χ1) is 17.2. The number of ether oxygens (including phenoxy) is 1. The van der Waals surface area contributed by atoms with E-state index in [0.717, 1.165) is 66.1 Å². The lowest BCUT2D eigenvalue weighted by Gasteiger charge is -2.28. The van der Waals surface area contributed by atoms with Crippen molar-refractivity contribution < 1.29 is 9.53 Å². The quantitative estimate of drug-likeness (QED) is 0.473. The lowest BCUT2D eigenvalue weighted by atomic mass is 10.00. The van der Waals surface area contributed by atoms with E-state index in [0.29, 0.717) is 24.2 Å². The summed E-state index contributed by atoms with van der Waals surface area (Å²) in [7, 11) is 0. The molecule has 1 N–H and O–H groups in total. The molecule has 0 radical (unpaired) electrons. The third kappa shape index (κ3) is 3.92. The number of morpholine rings is 1. The van der Waals surface area contributed by atoms with Crippen LogP contribution in [0.3, 0.4) is 0 Å². The molecule has 6 rings (SSSR count). The summed E-state index contributed by atoms with van der Waals surface area (Å²) in [4.78, 5) is 24.3.